The van der Waals surface area contributed by atoms with Crippen molar-refractivity contribution in [3.8, 4) is 12.1 Å². The van der Waals surface area contributed by atoms with Crippen LogP contribution >= 0.6 is 0 Å². The third-order valence-electron chi connectivity index (χ3n) is 3.91. The van der Waals surface area contributed by atoms with Crippen LogP contribution in [0.4, 0.5) is 0 Å². The SMILES string of the molecule is N#CCCCCCNC(=O)c1ccc(C(=O)NCCCCCC#N)cc1. The molecule has 6 nitrogen and oxygen atoms in total. The molecule has 0 atom stereocenters. The Morgan fingerprint density at radius 3 is 1.42 bits per heavy atom. The van der Waals surface area contributed by atoms with Crippen LogP contribution in [0.2, 0.25) is 0 Å². The molecular weight excluding hydrogens is 328 g/mol. The van der Waals surface area contributed by atoms with Crippen LogP contribution in [0.1, 0.15) is 72.1 Å². The van der Waals surface area contributed by atoms with E-state index >= 15 is 0 Å². The van der Waals surface area contributed by atoms with E-state index in [2.05, 4.69) is 22.8 Å². The van der Waals surface area contributed by atoms with Crippen LogP contribution in [0.5, 0.6) is 0 Å². The molecule has 0 aliphatic carbocycles. The van der Waals surface area contributed by atoms with E-state index in [0.717, 1.165) is 38.5 Å². The minimum Gasteiger partial charge on any atom is -0.352 e. The van der Waals surface area contributed by atoms with Crippen LogP contribution in [0, 0.1) is 22.7 Å². The number of benzene rings is 1. The largest absolute Gasteiger partial charge is 0.352 e. The zero-order valence-electron chi connectivity index (χ0n) is 15.1. The van der Waals surface area contributed by atoms with Gasteiger partial charge in [0.25, 0.3) is 11.8 Å². The predicted octanol–water partition coefficient (Wildman–Crippen LogP) is 3.31. The van der Waals surface area contributed by atoms with Gasteiger partial charge in [-0.1, -0.05) is 12.8 Å². The number of unbranched alkanes of at least 4 members (excludes halogenated alkanes) is 6. The maximum atomic E-state index is 12.0. The van der Waals surface area contributed by atoms with Crippen LogP contribution in [0.15, 0.2) is 24.3 Å². The number of carbonyl (C=O) groups is 2. The van der Waals surface area contributed by atoms with Crippen molar-refractivity contribution in [2.45, 2.75) is 51.4 Å². The first-order chi connectivity index (χ1) is 12.7. The standard InChI is InChI=1S/C20H26N4O2/c21-13-5-1-3-7-15-23-19(25)17-9-11-18(12-10-17)20(26)24-16-8-4-2-6-14-22/h9-12H,1-8,15-16H2,(H,23,25)(H,24,26). The van der Waals surface area contributed by atoms with Gasteiger partial charge in [0.15, 0.2) is 0 Å². The molecule has 1 aromatic carbocycles. The molecular formula is C20H26N4O2. The topological polar surface area (TPSA) is 106 Å². The molecule has 2 N–H and O–H groups in total. The number of carbonyl (C=O) groups excluding carboxylic acids is 2. The van der Waals surface area contributed by atoms with E-state index in [9.17, 15) is 9.59 Å². The molecule has 0 radical (unpaired) electrons. The van der Waals surface area contributed by atoms with Crippen LogP contribution in [0.3, 0.4) is 0 Å². The third-order valence-corrected chi connectivity index (χ3v) is 3.91. The molecule has 6 heteroatoms. The maximum Gasteiger partial charge on any atom is 0.251 e. The number of amides is 2. The fraction of sp³-hybridized carbons (Fsp3) is 0.500. The molecule has 26 heavy (non-hydrogen) atoms. The Morgan fingerprint density at radius 2 is 1.08 bits per heavy atom. The fourth-order valence-electron chi connectivity index (χ4n) is 2.39. The number of rotatable bonds is 12. The van der Waals surface area contributed by atoms with E-state index in [1.807, 2.05) is 0 Å². The summed E-state index contributed by atoms with van der Waals surface area (Å²) in [6, 6.07) is 10.8. The fourth-order valence-corrected chi connectivity index (χ4v) is 2.39. The molecule has 0 aromatic heterocycles. The molecule has 0 unspecified atom stereocenters. The summed E-state index contributed by atoms with van der Waals surface area (Å²) in [6.45, 7) is 1.16. The summed E-state index contributed by atoms with van der Waals surface area (Å²) in [5.74, 6) is -0.315. The Kier molecular flexibility index (Phi) is 10.9. The molecule has 0 spiro atoms. The number of nitrogens with one attached hydrogen (secondary N) is 2. The highest BCUT2D eigenvalue weighted by atomic mass is 16.2. The van der Waals surface area contributed by atoms with Gasteiger partial charge in [0.2, 0.25) is 0 Å². The molecule has 0 fully saturated rings. The minimum atomic E-state index is -0.158. The van der Waals surface area contributed by atoms with Gasteiger partial charge in [0.05, 0.1) is 12.1 Å². The lowest BCUT2D eigenvalue weighted by Gasteiger charge is -2.07. The Balaban J connectivity index is 2.29. The second-order valence-electron chi connectivity index (χ2n) is 6.03. The zero-order valence-corrected chi connectivity index (χ0v) is 15.1. The molecule has 1 rings (SSSR count). The maximum absolute atomic E-state index is 12.0. The van der Waals surface area contributed by atoms with Gasteiger partial charge in [-0.15, -0.1) is 0 Å². The highest BCUT2D eigenvalue weighted by molar-refractivity contribution is 5.97. The van der Waals surface area contributed by atoms with E-state index in [1.54, 1.807) is 24.3 Å². The normalized spacial score (nSPS) is 9.77. The molecule has 0 heterocycles. The van der Waals surface area contributed by atoms with Crippen molar-refractivity contribution in [3.05, 3.63) is 35.4 Å². The number of hydrogen-bond donors (Lipinski definition) is 2. The summed E-state index contributed by atoms with van der Waals surface area (Å²) in [7, 11) is 0. The number of nitrogens with zero attached hydrogens (tertiary/aromatic N) is 2. The summed E-state index contributed by atoms with van der Waals surface area (Å²) in [5.41, 5.74) is 1.05. The Labute approximate surface area is 155 Å². The average Bonchev–Trinajstić information content (AvgIpc) is 2.67. The first-order valence-electron chi connectivity index (χ1n) is 9.09. The third kappa shape index (κ3) is 8.84. The lowest BCUT2D eigenvalue weighted by molar-refractivity contribution is 0.0941. The first kappa shape index (κ1) is 21.2. The molecule has 0 bridgehead atoms. The minimum absolute atomic E-state index is 0.158. The molecule has 0 saturated heterocycles. The molecule has 138 valence electrons. The van der Waals surface area contributed by atoms with E-state index in [4.69, 9.17) is 10.5 Å². The van der Waals surface area contributed by atoms with Gasteiger partial charge in [-0.25, -0.2) is 0 Å². The van der Waals surface area contributed by atoms with E-state index < -0.39 is 0 Å². The van der Waals surface area contributed by atoms with Crippen molar-refractivity contribution >= 4 is 11.8 Å². The van der Waals surface area contributed by atoms with Crippen molar-refractivity contribution in [1.29, 1.82) is 10.5 Å². The van der Waals surface area contributed by atoms with E-state index in [-0.39, 0.29) is 11.8 Å². The predicted molar refractivity (Wildman–Crippen MR) is 99.3 cm³/mol. The van der Waals surface area contributed by atoms with Crippen molar-refractivity contribution in [2.24, 2.45) is 0 Å². The second-order valence-corrected chi connectivity index (χ2v) is 6.03. The van der Waals surface area contributed by atoms with Gasteiger partial charge in [0.1, 0.15) is 0 Å². The lowest BCUT2D eigenvalue weighted by Crippen LogP contribution is -2.26. The van der Waals surface area contributed by atoms with Gasteiger partial charge >= 0.3 is 0 Å². The molecule has 0 aliphatic rings. The van der Waals surface area contributed by atoms with Crippen molar-refractivity contribution < 1.29 is 9.59 Å². The quantitative estimate of drug-likeness (QED) is 0.562. The van der Waals surface area contributed by atoms with Crippen LogP contribution in [-0.4, -0.2) is 24.9 Å². The highest BCUT2D eigenvalue weighted by Crippen LogP contribution is 2.06. The van der Waals surface area contributed by atoms with Crippen LogP contribution < -0.4 is 10.6 Å². The van der Waals surface area contributed by atoms with Gasteiger partial charge in [-0.3, -0.25) is 9.59 Å². The second kappa shape index (κ2) is 13.4. The summed E-state index contributed by atoms with van der Waals surface area (Å²) >= 11 is 0. The van der Waals surface area contributed by atoms with E-state index in [0.29, 0.717) is 37.1 Å². The lowest BCUT2D eigenvalue weighted by atomic mass is 10.1. The molecule has 0 saturated carbocycles. The Morgan fingerprint density at radius 1 is 0.692 bits per heavy atom. The van der Waals surface area contributed by atoms with Crippen LogP contribution in [-0.2, 0) is 0 Å². The molecule has 2 amide bonds. The monoisotopic (exact) mass is 354 g/mol. The summed E-state index contributed by atoms with van der Waals surface area (Å²) < 4.78 is 0. The van der Waals surface area contributed by atoms with Gasteiger partial charge in [-0.05, 0) is 49.9 Å². The summed E-state index contributed by atoms with van der Waals surface area (Å²) in [4.78, 5) is 24.0. The molecule has 1 aromatic rings. The Bertz CT molecular complexity index is 584. The average molecular weight is 354 g/mol. The summed E-state index contributed by atoms with van der Waals surface area (Å²) in [6.07, 6.45) is 6.36. The van der Waals surface area contributed by atoms with Crippen LogP contribution in [0.25, 0.3) is 0 Å². The van der Waals surface area contributed by atoms with Crippen molar-refractivity contribution in [2.75, 3.05) is 13.1 Å². The van der Waals surface area contributed by atoms with Crippen molar-refractivity contribution in [1.82, 2.24) is 10.6 Å². The van der Waals surface area contributed by atoms with Gasteiger partial charge in [-0.2, -0.15) is 10.5 Å². The van der Waals surface area contributed by atoms with E-state index in [1.165, 1.54) is 0 Å². The molecule has 0 aliphatic heterocycles. The number of nitriles is 2. The number of hydrogen-bond acceptors (Lipinski definition) is 4. The van der Waals surface area contributed by atoms with Gasteiger partial charge < -0.3 is 10.6 Å². The zero-order chi connectivity index (χ0) is 19.0. The van der Waals surface area contributed by atoms with Crippen molar-refractivity contribution in [3.63, 3.8) is 0 Å². The smallest absolute Gasteiger partial charge is 0.251 e. The summed E-state index contributed by atoms with van der Waals surface area (Å²) in [5, 5.41) is 22.6. The first-order valence-corrected chi connectivity index (χ1v) is 9.09. The Hall–Kier alpha value is -2.86. The van der Waals surface area contributed by atoms with Gasteiger partial charge in [0, 0.05) is 37.1 Å². The highest BCUT2D eigenvalue weighted by Gasteiger charge is 2.08.